The van der Waals surface area contributed by atoms with Crippen LogP contribution in [0.2, 0.25) is 0 Å². The van der Waals surface area contributed by atoms with Crippen LogP contribution in [-0.4, -0.2) is 62.8 Å². The van der Waals surface area contributed by atoms with Gasteiger partial charge in [0.1, 0.15) is 0 Å². The molecule has 0 aliphatic heterocycles. The third-order valence-corrected chi connectivity index (χ3v) is 0. The molecule has 0 aliphatic carbocycles. The second kappa shape index (κ2) is 70.3. The first kappa shape index (κ1) is 29.3. The third kappa shape index (κ3) is 847. The molecule has 0 fully saturated rings. The minimum atomic E-state index is -2.19. The summed E-state index contributed by atoms with van der Waals surface area (Å²) in [4.78, 5) is 0. The summed E-state index contributed by atoms with van der Waals surface area (Å²) in [5.74, 6) is 0. The van der Waals surface area contributed by atoms with E-state index in [4.69, 9.17) is 31.6 Å². The molecule has 0 rings (SSSR count). The molecule has 0 saturated carbocycles. The Labute approximate surface area is 119 Å². The van der Waals surface area contributed by atoms with E-state index in [2.05, 4.69) is 0 Å². The fourth-order valence-corrected chi connectivity index (χ4v) is 0. The molecule has 0 aromatic heterocycles. The van der Waals surface area contributed by atoms with Crippen molar-refractivity contribution in [3.63, 3.8) is 0 Å². The number of hydrogen-bond acceptors (Lipinski definition) is 8. The molecular weight excluding hydrogens is 597 g/mol. The van der Waals surface area contributed by atoms with Gasteiger partial charge in [-0.2, -0.15) is 0 Å². The maximum atomic E-state index is 8.53. The van der Waals surface area contributed by atoms with E-state index in [1.807, 2.05) is 0 Å². The van der Waals surface area contributed by atoms with Crippen molar-refractivity contribution < 1.29 is 57.5 Å². The van der Waals surface area contributed by atoms with E-state index in [1.165, 1.54) is 0 Å². The standard InChI is InChI=1S/4GeHO2.Hf/c4*2-1-3;/h4*1H;/q4*-1;+4. The van der Waals surface area contributed by atoms with Gasteiger partial charge < -0.3 is 0 Å². The Morgan fingerprint density at radius 3 is 0.538 bits per heavy atom. The molecule has 0 heterocycles. The summed E-state index contributed by atoms with van der Waals surface area (Å²) >= 11 is -8.75. The van der Waals surface area contributed by atoms with Gasteiger partial charge in [-0.3, -0.25) is 0 Å². The Balaban J connectivity index is -0.0000000213. The number of hydrogen-bond donors (Lipinski definition) is 0. The van der Waals surface area contributed by atoms with Gasteiger partial charge in [-0.25, -0.2) is 0 Å². The molecule has 0 saturated heterocycles. The summed E-state index contributed by atoms with van der Waals surface area (Å²) in [6.45, 7) is 0. The fraction of sp³-hybridized carbons (Fsp3) is 0. The predicted molar refractivity (Wildman–Crippen MR) is 31.3 cm³/mol. The van der Waals surface area contributed by atoms with Gasteiger partial charge in [0.15, 0.2) is 0 Å². The molecule has 0 aliphatic rings. The van der Waals surface area contributed by atoms with Gasteiger partial charge >= 0.3 is 120 Å². The van der Waals surface area contributed by atoms with Gasteiger partial charge in [-0.05, 0) is 0 Å². The zero-order valence-corrected chi connectivity index (χ0v) is 19.4. The topological polar surface area (TPSA) is 161 Å². The Bertz CT molecular complexity index is 70.1. The molecule has 0 unspecified atom stereocenters. The van der Waals surface area contributed by atoms with Crippen molar-refractivity contribution >= 4 is 62.8 Å². The van der Waals surface area contributed by atoms with E-state index in [0.717, 1.165) is 0 Å². The molecule has 0 N–H and O–H groups in total. The number of rotatable bonds is 0. The van der Waals surface area contributed by atoms with E-state index < -0.39 is 62.8 Å². The molecule has 0 aromatic rings. The van der Waals surface area contributed by atoms with Gasteiger partial charge in [-0.15, -0.1) is 0 Å². The summed E-state index contributed by atoms with van der Waals surface area (Å²) < 4.78 is 68.2. The minimum absolute atomic E-state index is 0. The monoisotopic (exact) mass is 608 g/mol. The quantitative estimate of drug-likeness (QED) is 0.248. The molecule has 0 atom stereocenters. The average molecular weight is 601 g/mol. The van der Waals surface area contributed by atoms with Crippen molar-refractivity contribution in [1.29, 1.82) is 0 Å². The van der Waals surface area contributed by atoms with Crippen molar-refractivity contribution in [1.82, 2.24) is 0 Å². The van der Waals surface area contributed by atoms with Crippen LogP contribution < -0.4 is 16.5 Å². The first-order valence-corrected chi connectivity index (χ1v) is 9.80. The van der Waals surface area contributed by atoms with Gasteiger partial charge in [0.25, 0.3) is 0 Å². The van der Waals surface area contributed by atoms with E-state index in [-0.39, 0.29) is 25.8 Å². The normalized spacial score (nSPS) is 3.69. The van der Waals surface area contributed by atoms with Crippen LogP contribution in [-0.2, 0) is 41.0 Å². The van der Waals surface area contributed by atoms with Gasteiger partial charge in [0, 0.05) is 0 Å². The fourth-order valence-electron chi connectivity index (χ4n) is 0. The van der Waals surface area contributed by atoms with Crippen LogP contribution in [0, 0.1) is 0 Å². The van der Waals surface area contributed by atoms with Crippen molar-refractivity contribution in [3.05, 3.63) is 0 Å². The zero-order valence-electron chi connectivity index (χ0n) is 6.08. The second-order valence-corrected chi connectivity index (χ2v) is 2.00. The van der Waals surface area contributed by atoms with Crippen molar-refractivity contribution in [2.45, 2.75) is 0 Å². The maximum absolute atomic E-state index is 8.53. The van der Waals surface area contributed by atoms with Crippen LogP contribution >= 0.6 is 0 Å². The van der Waals surface area contributed by atoms with E-state index in [0.29, 0.717) is 0 Å². The molecule has 0 bridgehead atoms. The summed E-state index contributed by atoms with van der Waals surface area (Å²) in [5, 5.41) is 0. The van der Waals surface area contributed by atoms with Crippen LogP contribution in [0.3, 0.4) is 0 Å². The van der Waals surface area contributed by atoms with Crippen LogP contribution in [0.4, 0.5) is 0 Å². The molecule has 0 amide bonds. The van der Waals surface area contributed by atoms with Crippen LogP contribution in [0.15, 0.2) is 0 Å². The summed E-state index contributed by atoms with van der Waals surface area (Å²) in [7, 11) is 0. The van der Waals surface area contributed by atoms with E-state index >= 15 is 0 Å². The molecule has 0 aromatic carbocycles. The van der Waals surface area contributed by atoms with Crippen LogP contribution in [0.5, 0.6) is 0 Å². The zero-order chi connectivity index (χ0) is 10.8. The van der Waals surface area contributed by atoms with Gasteiger partial charge in [0.05, 0.1) is 0 Å². The van der Waals surface area contributed by atoms with Crippen molar-refractivity contribution in [2.24, 2.45) is 0 Å². The summed E-state index contributed by atoms with van der Waals surface area (Å²) in [5.41, 5.74) is 0. The molecule has 8 nitrogen and oxygen atoms in total. The van der Waals surface area contributed by atoms with E-state index in [9.17, 15) is 0 Å². The Morgan fingerprint density at radius 1 is 0.538 bits per heavy atom. The molecule has 13 heteroatoms. The van der Waals surface area contributed by atoms with Gasteiger partial charge in [0.2, 0.25) is 0 Å². The average Bonchev–Trinajstić information content (AvgIpc) is 1.92. The van der Waals surface area contributed by atoms with Crippen molar-refractivity contribution in [3.8, 4) is 0 Å². The first-order valence-electron chi connectivity index (χ1n) is 1.89. The Kier molecular flexibility index (Phi) is 158. The van der Waals surface area contributed by atoms with E-state index in [1.54, 1.807) is 0 Å². The Morgan fingerprint density at radius 2 is 0.538 bits per heavy atom. The second-order valence-electron chi connectivity index (χ2n) is 0.385. The molecular formula is H4Ge4HfO8. The molecule has 72 valence electrons. The van der Waals surface area contributed by atoms with Crippen LogP contribution in [0.1, 0.15) is 0 Å². The molecule has 13 heavy (non-hydrogen) atoms. The van der Waals surface area contributed by atoms with Gasteiger partial charge in [-0.1, -0.05) is 0 Å². The summed E-state index contributed by atoms with van der Waals surface area (Å²) in [6, 6.07) is 0. The third-order valence-electron chi connectivity index (χ3n) is 0. The van der Waals surface area contributed by atoms with Crippen molar-refractivity contribution in [2.75, 3.05) is 0 Å². The predicted octanol–water partition coefficient (Wildman–Crippen LogP) is -7.83. The molecule has 0 radical (unpaired) electrons. The Hall–Kier alpha value is 1.44. The SMILES string of the molecule is [Hf+4].[O]=[GeH][O-].[O]=[GeH][O-].[O]=[GeH][O-].[O]=[GeH][O-]. The first-order chi connectivity index (χ1) is 5.66. The summed E-state index contributed by atoms with van der Waals surface area (Å²) in [6.07, 6.45) is 0. The molecule has 0 spiro atoms. The van der Waals surface area contributed by atoms with Crippen LogP contribution in [0.25, 0.3) is 0 Å².